The number of halogens is 2. The van der Waals surface area contributed by atoms with Crippen molar-refractivity contribution in [2.75, 3.05) is 6.61 Å². The Morgan fingerprint density at radius 3 is 2.73 bits per heavy atom. The summed E-state index contributed by atoms with van der Waals surface area (Å²) in [7, 11) is 0. The Kier molecular flexibility index (Phi) is 6.65. The fourth-order valence-electron chi connectivity index (χ4n) is 3.62. The predicted molar refractivity (Wildman–Crippen MR) is 118 cm³/mol. The fraction of sp³-hybridized carbons (Fsp3) is 0.200. The molecule has 0 amide bonds. The van der Waals surface area contributed by atoms with Crippen LogP contribution in [0.3, 0.4) is 0 Å². The number of pyridine rings is 1. The summed E-state index contributed by atoms with van der Waals surface area (Å²) in [4.78, 5) is 15.8. The van der Waals surface area contributed by atoms with E-state index in [4.69, 9.17) is 19.6 Å². The zero-order valence-corrected chi connectivity index (χ0v) is 17.9. The summed E-state index contributed by atoms with van der Waals surface area (Å²) in [5.74, 6) is -0.419. The summed E-state index contributed by atoms with van der Waals surface area (Å²) in [5.41, 5.74) is 7.81. The van der Waals surface area contributed by atoms with Gasteiger partial charge in [0.25, 0.3) is 6.01 Å². The summed E-state index contributed by atoms with van der Waals surface area (Å²) in [6.45, 7) is 2.07. The van der Waals surface area contributed by atoms with E-state index >= 15 is 0 Å². The van der Waals surface area contributed by atoms with Gasteiger partial charge in [0, 0.05) is 40.9 Å². The third kappa shape index (κ3) is 4.85. The number of esters is 1. The van der Waals surface area contributed by atoms with E-state index in [9.17, 15) is 13.6 Å². The maximum atomic E-state index is 15.0. The Morgan fingerprint density at radius 2 is 1.94 bits per heavy atom. The summed E-state index contributed by atoms with van der Waals surface area (Å²) in [6.07, 6.45) is 1.52. The van der Waals surface area contributed by atoms with Gasteiger partial charge in [-0.1, -0.05) is 18.2 Å². The van der Waals surface area contributed by atoms with Gasteiger partial charge in [-0.15, -0.1) is 0 Å². The molecule has 8 heteroatoms. The lowest BCUT2D eigenvalue weighted by molar-refractivity contribution is -0.142. The van der Waals surface area contributed by atoms with E-state index in [1.807, 2.05) is 0 Å². The highest BCUT2D eigenvalue weighted by Gasteiger charge is 2.18. The third-order valence-corrected chi connectivity index (χ3v) is 5.10. The van der Waals surface area contributed by atoms with Gasteiger partial charge in [-0.25, -0.2) is 4.39 Å². The molecule has 2 N–H and O–H groups in total. The second kappa shape index (κ2) is 9.79. The van der Waals surface area contributed by atoms with Crippen molar-refractivity contribution in [3.8, 4) is 16.9 Å². The molecule has 6 nitrogen and oxygen atoms in total. The highest BCUT2D eigenvalue weighted by molar-refractivity contribution is 5.93. The Hall–Kier alpha value is -3.78. The molecule has 4 aromatic rings. The highest BCUT2D eigenvalue weighted by atomic mass is 19.1. The smallest absolute Gasteiger partial charge is 0.310 e. The van der Waals surface area contributed by atoms with E-state index in [0.29, 0.717) is 34.4 Å². The van der Waals surface area contributed by atoms with Gasteiger partial charge in [0.2, 0.25) is 0 Å². The van der Waals surface area contributed by atoms with Crippen LogP contribution < -0.4 is 10.5 Å². The number of hydrogen-bond donors (Lipinski definition) is 1. The number of rotatable bonds is 8. The first kappa shape index (κ1) is 22.4. The lowest BCUT2D eigenvalue weighted by atomic mass is 10.00. The summed E-state index contributed by atoms with van der Waals surface area (Å²) in [6, 6.07) is 12.5. The molecule has 33 heavy (non-hydrogen) atoms. The molecular weight excluding hydrogens is 430 g/mol. The number of hydrogen-bond acceptors (Lipinski definition) is 6. The molecule has 0 fully saturated rings. The van der Waals surface area contributed by atoms with Gasteiger partial charge in [-0.3, -0.25) is 9.78 Å². The number of ether oxygens (including phenoxy) is 2. The molecule has 0 bridgehead atoms. The Bertz CT molecular complexity index is 1300. The molecule has 0 spiro atoms. The minimum atomic E-state index is -0.780. The maximum Gasteiger partial charge on any atom is 0.310 e. The van der Waals surface area contributed by atoms with E-state index in [1.54, 1.807) is 43.3 Å². The molecule has 0 aliphatic heterocycles. The topological polar surface area (TPSA) is 87.6 Å². The van der Waals surface area contributed by atoms with Crippen LogP contribution in [0.25, 0.3) is 22.1 Å². The molecule has 0 radical (unpaired) electrons. The van der Waals surface area contributed by atoms with Gasteiger partial charge in [0.05, 0.1) is 18.7 Å². The third-order valence-electron chi connectivity index (χ3n) is 5.10. The molecule has 0 unspecified atom stereocenters. The van der Waals surface area contributed by atoms with Crippen LogP contribution in [0.1, 0.15) is 23.7 Å². The molecule has 2 heterocycles. The van der Waals surface area contributed by atoms with E-state index < -0.39 is 11.8 Å². The molecule has 0 aliphatic carbocycles. The van der Waals surface area contributed by atoms with Gasteiger partial charge in [-0.05, 0) is 36.8 Å². The first-order valence-electron chi connectivity index (χ1n) is 10.4. The largest absolute Gasteiger partial charge is 0.489 e. The van der Waals surface area contributed by atoms with Crippen molar-refractivity contribution >= 4 is 16.9 Å². The van der Waals surface area contributed by atoms with Crippen molar-refractivity contribution < 1.29 is 27.5 Å². The van der Waals surface area contributed by atoms with Crippen LogP contribution in [0.2, 0.25) is 0 Å². The quantitative estimate of drug-likeness (QED) is 0.382. The molecule has 2 aromatic heterocycles. The van der Waals surface area contributed by atoms with Crippen LogP contribution in [0, 0.1) is 11.8 Å². The van der Waals surface area contributed by atoms with E-state index in [1.165, 1.54) is 18.3 Å². The standard InChI is InChI=1S/C25H22F2N2O4/c1-2-31-23(30)12-16-5-3-4-6-21(16)32-14-15-9-17-11-22(26)33-25(17)19(10-15)18-7-8-29-20(13-28)24(18)27/h3-11H,2,12-14,28H2,1H3. The van der Waals surface area contributed by atoms with Crippen molar-refractivity contribution in [3.05, 3.63) is 83.4 Å². The van der Waals surface area contributed by atoms with E-state index in [0.717, 1.165) is 0 Å². The normalized spacial score (nSPS) is 11.0. The predicted octanol–water partition coefficient (Wildman–Crippen LogP) is 4.92. The van der Waals surface area contributed by atoms with Gasteiger partial charge in [0.1, 0.15) is 17.9 Å². The van der Waals surface area contributed by atoms with Gasteiger partial charge < -0.3 is 19.6 Å². The SMILES string of the molecule is CCOC(=O)Cc1ccccc1OCc1cc(-c2ccnc(CN)c2F)c2oc(F)cc2c1. The molecule has 170 valence electrons. The molecule has 0 saturated heterocycles. The van der Waals surface area contributed by atoms with Gasteiger partial charge in [0.15, 0.2) is 5.82 Å². The van der Waals surface area contributed by atoms with Gasteiger partial charge in [-0.2, -0.15) is 4.39 Å². The highest BCUT2D eigenvalue weighted by Crippen LogP contribution is 2.34. The van der Waals surface area contributed by atoms with Crippen LogP contribution >= 0.6 is 0 Å². The number of nitrogens with zero attached hydrogens (tertiary/aromatic N) is 1. The number of nitrogens with two attached hydrogens (primary N) is 1. The minimum absolute atomic E-state index is 0.0740. The van der Waals surface area contributed by atoms with Crippen LogP contribution in [-0.4, -0.2) is 17.6 Å². The van der Waals surface area contributed by atoms with E-state index in [2.05, 4.69) is 4.98 Å². The van der Waals surface area contributed by atoms with Crippen molar-refractivity contribution in [1.82, 2.24) is 4.98 Å². The maximum absolute atomic E-state index is 15.0. The zero-order chi connectivity index (χ0) is 23.4. The minimum Gasteiger partial charge on any atom is -0.489 e. The summed E-state index contributed by atoms with van der Waals surface area (Å²) in [5, 5.41) is 0.467. The number of benzene rings is 2. The molecular formula is C25H22F2N2O4. The van der Waals surface area contributed by atoms with Crippen molar-refractivity contribution in [2.45, 2.75) is 26.5 Å². The van der Waals surface area contributed by atoms with E-state index in [-0.39, 0.29) is 42.4 Å². The molecule has 4 rings (SSSR count). The van der Waals surface area contributed by atoms with Crippen LogP contribution in [-0.2, 0) is 29.1 Å². The van der Waals surface area contributed by atoms with Crippen LogP contribution in [0.15, 0.2) is 59.1 Å². The number of carbonyl (C=O) groups excluding carboxylic acids is 1. The van der Waals surface area contributed by atoms with Crippen LogP contribution in [0.4, 0.5) is 8.78 Å². The number of aromatic nitrogens is 1. The first-order valence-corrected chi connectivity index (χ1v) is 10.4. The fourth-order valence-corrected chi connectivity index (χ4v) is 3.62. The van der Waals surface area contributed by atoms with Crippen molar-refractivity contribution in [3.63, 3.8) is 0 Å². The lowest BCUT2D eigenvalue weighted by Gasteiger charge is -2.13. The average molecular weight is 452 g/mol. The van der Waals surface area contributed by atoms with Crippen molar-refractivity contribution in [1.29, 1.82) is 0 Å². The Morgan fingerprint density at radius 1 is 1.12 bits per heavy atom. The molecule has 0 aliphatic rings. The summed E-state index contributed by atoms with van der Waals surface area (Å²) < 4.78 is 45.1. The second-order valence-corrected chi connectivity index (χ2v) is 7.31. The molecule has 0 saturated carbocycles. The average Bonchev–Trinajstić information content (AvgIpc) is 3.18. The number of para-hydroxylation sites is 1. The Labute approximate surface area is 188 Å². The number of fused-ring (bicyclic) bond motifs is 1. The lowest BCUT2D eigenvalue weighted by Crippen LogP contribution is -2.09. The first-order chi connectivity index (χ1) is 16.0. The second-order valence-electron chi connectivity index (χ2n) is 7.31. The monoisotopic (exact) mass is 452 g/mol. The van der Waals surface area contributed by atoms with Gasteiger partial charge >= 0.3 is 5.97 Å². The summed E-state index contributed by atoms with van der Waals surface area (Å²) >= 11 is 0. The number of furan rings is 1. The van der Waals surface area contributed by atoms with Crippen molar-refractivity contribution in [2.24, 2.45) is 5.73 Å². The zero-order valence-electron chi connectivity index (χ0n) is 17.9. The molecule has 0 atom stereocenters. The number of carbonyl (C=O) groups is 1. The molecule has 2 aromatic carbocycles. The Balaban J connectivity index is 1.68. The van der Waals surface area contributed by atoms with Crippen LogP contribution in [0.5, 0.6) is 5.75 Å².